The zero-order valence-electron chi connectivity index (χ0n) is 15.2. The standard InChI is InChI=1S/C22H19NO3S.U/c1-2-9-17-10-8-11-18(16-17)22(24)20-14-6-7-15-21(20)23-27(25,26)19-12-4-3-5-13-19;/h3-8,10-15,23H,1-2,9H2;/q-2;+2. The Labute approximate surface area is 189 Å². The molecule has 0 bridgehead atoms. The van der Waals surface area contributed by atoms with Crippen LogP contribution < -0.4 is 4.72 Å². The second kappa shape index (κ2) is 10.1. The Balaban J connectivity index is 0.00000280. The van der Waals surface area contributed by atoms with E-state index in [-0.39, 0.29) is 53.0 Å². The third-order valence-corrected chi connectivity index (χ3v) is 5.40. The van der Waals surface area contributed by atoms with Gasteiger partial charge in [-0.25, -0.2) is 8.42 Å². The number of para-hydroxylation sites is 1. The molecule has 1 N–H and O–H groups in total. The molecule has 0 unspecified atom stereocenters. The number of hydrogen-bond acceptors (Lipinski definition) is 3. The Hall–Kier alpha value is -1.87. The van der Waals surface area contributed by atoms with Gasteiger partial charge in [0, 0.05) is 5.56 Å². The van der Waals surface area contributed by atoms with E-state index in [4.69, 9.17) is 0 Å². The summed E-state index contributed by atoms with van der Waals surface area (Å²) in [4.78, 5) is 13.1. The van der Waals surface area contributed by atoms with Gasteiger partial charge in [0.25, 0.3) is 10.0 Å². The molecule has 0 spiro atoms. The monoisotopic (exact) mass is 615 g/mol. The van der Waals surface area contributed by atoms with Crippen molar-refractivity contribution < 1.29 is 44.3 Å². The summed E-state index contributed by atoms with van der Waals surface area (Å²) < 4.78 is 27.8. The number of nitrogens with one attached hydrogen (secondary N) is 1. The van der Waals surface area contributed by atoms with Crippen LogP contribution in [0.5, 0.6) is 0 Å². The Morgan fingerprint density at radius 2 is 1.61 bits per heavy atom. The van der Waals surface area contributed by atoms with Crippen LogP contribution >= 0.6 is 0 Å². The molecule has 3 rings (SSSR count). The predicted octanol–water partition coefficient (Wildman–Crippen LogP) is 4.29. The van der Waals surface area contributed by atoms with E-state index in [2.05, 4.69) is 17.7 Å². The van der Waals surface area contributed by atoms with Gasteiger partial charge in [-0.1, -0.05) is 42.8 Å². The van der Waals surface area contributed by atoms with Crippen LogP contribution in [0, 0.1) is 44.1 Å². The normalized spacial score (nSPS) is 10.8. The molecule has 0 fully saturated rings. The van der Waals surface area contributed by atoms with Crippen LogP contribution in [0.1, 0.15) is 27.9 Å². The minimum Gasteiger partial charge on any atom is -0.346 e. The van der Waals surface area contributed by atoms with Crippen molar-refractivity contribution in [3.05, 3.63) is 102 Å². The van der Waals surface area contributed by atoms with Gasteiger partial charge in [0.05, 0.1) is 10.6 Å². The van der Waals surface area contributed by atoms with Gasteiger partial charge in [-0.3, -0.25) is 4.72 Å². The Morgan fingerprint density at radius 3 is 2.32 bits per heavy atom. The predicted molar refractivity (Wildman–Crippen MR) is 106 cm³/mol. The number of sulfonamides is 1. The van der Waals surface area contributed by atoms with Gasteiger partial charge >= 0.3 is 31.1 Å². The van der Waals surface area contributed by atoms with Crippen molar-refractivity contribution in [2.45, 2.75) is 17.7 Å². The maximum Gasteiger partial charge on any atom is 2.00 e. The zero-order chi connectivity index (χ0) is 19.3. The summed E-state index contributed by atoms with van der Waals surface area (Å²) in [7, 11) is -3.79. The summed E-state index contributed by atoms with van der Waals surface area (Å²) in [5.74, 6) is -0.285. The fraction of sp³-hybridized carbons (Fsp3) is 0.0909. The molecule has 0 radical (unpaired) electrons. The third-order valence-electron chi connectivity index (χ3n) is 4.02. The van der Waals surface area contributed by atoms with Gasteiger partial charge in [-0.05, 0) is 18.2 Å². The van der Waals surface area contributed by atoms with Crippen molar-refractivity contribution >= 4 is 21.5 Å². The Bertz CT molecular complexity index is 1050. The summed E-state index contributed by atoms with van der Waals surface area (Å²) in [5.41, 5.74) is 1.81. The molecule has 3 aromatic rings. The minimum atomic E-state index is -3.79. The van der Waals surface area contributed by atoms with Crippen molar-refractivity contribution in [2.75, 3.05) is 4.72 Å². The number of rotatable bonds is 7. The molecule has 140 valence electrons. The third kappa shape index (κ3) is 5.35. The van der Waals surface area contributed by atoms with Crippen LogP contribution in [0.15, 0.2) is 77.7 Å². The van der Waals surface area contributed by atoms with E-state index in [1.54, 1.807) is 54.6 Å². The van der Waals surface area contributed by atoms with Crippen molar-refractivity contribution in [1.29, 1.82) is 0 Å². The van der Waals surface area contributed by atoms with Gasteiger partial charge in [-0.2, -0.15) is 6.42 Å². The van der Waals surface area contributed by atoms with E-state index < -0.39 is 10.0 Å². The largest absolute Gasteiger partial charge is 2.00 e. The fourth-order valence-electron chi connectivity index (χ4n) is 2.70. The quantitative estimate of drug-likeness (QED) is 0.319. The van der Waals surface area contributed by atoms with Crippen LogP contribution in [0.3, 0.4) is 0 Å². The summed E-state index contributed by atoms with van der Waals surface area (Å²) >= 11 is 0. The van der Waals surface area contributed by atoms with Crippen LogP contribution in [0.25, 0.3) is 0 Å². The first-order valence-electron chi connectivity index (χ1n) is 8.53. The van der Waals surface area contributed by atoms with E-state index in [9.17, 15) is 13.2 Å². The molecule has 0 aliphatic heterocycles. The molecule has 6 heteroatoms. The van der Waals surface area contributed by atoms with Crippen molar-refractivity contribution in [3.8, 4) is 0 Å². The van der Waals surface area contributed by atoms with Crippen LogP contribution in [-0.4, -0.2) is 14.2 Å². The molecule has 0 amide bonds. The Morgan fingerprint density at radius 1 is 0.929 bits per heavy atom. The van der Waals surface area contributed by atoms with Gasteiger partial charge in [0.15, 0.2) is 0 Å². The van der Waals surface area contributed by atoms with E-state index in [1.807, 2.05) is 6.07 Å². The number of anilines is 1. The van der Waals surface area contributed by atoms with Gasteiger partial charge in [0.2, 0.25) is 0 Å². The fourth-order valence-corrected chi connectivity index (χ4v) is 3.80. The second-order valence-corrected chi connectivity index (χ2v) is 7.67. The van der Waals surface area contributed by atoms with Gasteiger partial charge < -0.3 is 11.7 Å². The first-order valence-corrected chi connectivity index (χ1v) is 10.0. The SMILES string of the molecule is [CH2-]CCc1[c-]c(C(=O)c2ccccc2NS(=O)(=O)c2ccccc2)ccc1.[U+2]. The van der Waals surface area contributed by atoms with Crippen molar-refractivity contribution in [1.82, 2.24) is 0 Å². The van der Waals surface area contributed by atoms with E-state index in [0.717, 1.165) is 12.0 Å². The van der Waals surface area contributed by atoms with Gasteiger partial charge in [-0.15, -0.1) is 35.4 Å². The number of carbonyl (C=O) groups is 1. The molecule has 0 saturated heterocycles. The average molecular weight is 615 g/mol. The maximum atomic E-state index is 13.0. The second-order valence-electron chi connectivity index (χ2n) is 5.99. The van der Waals surface area contributed by atoms with Crippen molar-refractivity contribution in [2.24, 2.45) is 0 Å². The molecule has 0 heterocycles. The summed E-state index contributed by atoms with van der Waals surface area (Å²) in [6.07, 6.45) is 1.44. The topological polar surface area (TPSA) is 63.2 Å². The van der Waals surface area contributed by atoms with E-state index in [0.29, 0.717) is 12.0 Å². The molecule has 0 aliphatic rings. The first-order chi connectivity index (χ1) is 13.0. The number of benzene rings is 3. The number of aryl methyl sites for hydroxylation is 1. The van der Waals surface area contributed by atoms with E-state index in [1.165, 1.54) is 12.1 Å². The molecule has 0 aliphatic carbocycles. The molecule has 3 aromatic carbocycles. The first kappa shape index (κ1) is 22.4. The van der Waals surface area contributed by atoms with Crippen LogP contribution in [0.4, 0.5) is 5.69 Å². The smallest absolute Gasteiger partial charge is 0.346 e. The number of ketones is 1. The summed E-state index contributed by atoms with van der Waals surface area (Å²) in [5, 5.41) is 0. The summed E-state index contributed by atoms with van der Waals surface area (Å²) in [6, 6.07) is 23.1. The molecule has 28 heavy (non-hydrogen) atoms. The Kier molecular flexibility index (Phi) is 8.06. The number of carbonyl (C=O) groups excluding carboxylic acids is 1. The molecule has 0 atom stereocenters. The number of hydrogen-bond donors (Lipinski definition) is 1. The average Bonchev–Trinajstić information content (AvgIpc) is 2.69. The van der Waals surface area contributed by atoms with Gasteiger partial charge in [0.1, 0.15) is 5.78 Å². The van der Waals surface area contributed by atoms with Crippen LogP contribution in [0.2, 0.25) is 0 Å². The van der Waals surface area contributed by atoms with Crippen LogP contribution in [-0.2, 0) is 16.4 Å². The summed E-state index contributed by atoms with van der Waals surface area (Å²) in [6.45, 7) is 3.82. The van der Waals surface area contributed by atoms with Crippen molar-refractivity contribution in [3.63, 3.8) is 0 Å². The molecule has 4 nitrogen and oxygen atoms in total. The zero-order valence-corrected chi connectivity index (χ0v) is 20.2. The maximum absolute atomic E-state index is 13.0. The molecular weight excluding hydrogens is 596 g/mol. The minimum absolute atomic E-state index is 0. The molecule has 0 aromatic heterocycles. The molecule has 0 saturated carbocycles. The van der Waals surface area contributed by atoms with E-state index >= 15 is 0 Å². The molecular formula is C22H19NO3SU.